The van der Waals surface area contributed by atoms with Gasteiger partial charge < -0.3 is 4.42 Å². The lowest BCUT2D eigenvalue weighted by Gasteiger charge is -2.43. The third kappa shape index (κ3) is 3.31. The second kappa shape index (κ2) is 7.60. The Morgan fingerprint density at radius 2 is 1.36 bits per heavy atom. The standard InChI is InChI=1S/C26H29NO/c1-19-16-17-22(28-19)18-27(25-14-6-10-20-8-2-4-12-23(20)25)26-15-7-11-21-9-3-5-13-24(21)26/h2-5,8-9,12-13,16-17,25-26H,6-7,10-11,14-15,18H2,1H3/t25-,26-/m0/s1. The maximum atomic E-state index is 6.03. The summed E-state index contributed by atoms with van der Waals surface area (Å²) >= 11 is 0. The first-order chi connectivity index (χ1) is 13.8. The van der Waals surface area contributed by atoms with E-state index in [1.54, 1.807) is 0 Å². The Morgan fingerprint density at radius 3 is 1.89 bits per heavy atom. The van der Waals surface area contributed by atoms with Crippen molar-refractivity contribution in [2.75, 3.05) is 0 Å². The van der Waals surface area contributed by atoms with Crippen LogP contribution in [0, 0.1) is 6.92 Å². The summed E-state index contributed by atoms with van der Waals surface area (Å²) in [6.07, 6.45) is 7.42. The maximum absolute atomic E-state index is 6.03. The molecule has 2 heteroatoms. The molecule has 0 fully saturated rings. The number of furan rings is 1. The second-order valence-electron chi connectivity index (χ2n) is 8.40. The number of rotatable bonds is 4. The molecule has 0 unspecified atom stereocenters. The van der Waals surface area contributed by atoms with Gasteiger partial charge in [-0.25, -0.2) is 0 Å². The van der Waals surface area contributed by atoms with Gasteiger partial charge in [0.1, 0.15) is 11.5 Å². The number of hydrogen-bond acceptors (Lipinski definition) is 2. The molecule has 1 aromatic heterocycles. The van der Waals surface area contributed by atoms with Gasteiger partial charge in [0.05, 0.1) is 6.54 Å². The van der Waals surface area contributed by atoms with Crippen molar-refractivity contribution < 1.29 is 4.42 Å². The fourth-order valence-corrected chi connectivity index (χ4v) is 5.33. The van der Waals surface area contributed by atoms with E-state index in [-0.39, 0.29) is 0 Å². The Morgan fingerprint density at radius 1 is 0.786 bits per heavy atom. The molecule has 3 aromatic rings. The third-order valence-corrected chi connectivity index (χ3v) is 6.61. The molecule has 0 amide bonds. The van der Waals surface area contributed by atoms with E-state index in [4.69, 9.17) is 4.42 Å². The normalized spacial score (nSPS) is 21.4. The van der Waals surface area contributed by atoms with Crippen LogP contribution in [-0.2, 0) is 19.4 Å². The lowest BCUT2D eigenvalue weighted by atomic mass is 9.82. The van der Waals surface area contributed by atoms with Crippen molar-refractivity contribution in [1.82, 2.24) is 4.90 Å². The van der Waals surface area contributed by atoms with E-state index in [9.17, 15) is 0 Å². The zero-order chi connectivity index (χ0) is 18.9. The van der Waals surface area contributed by atoms with Gasteiger partial charge in [-0.05, 0) is 79.8 Å². The van der Waals surface area contributed by atoms with Crippen LogP contribution in [0.25, 0.3) is 0 Å². The molecular weight excluding hydrogens is 342 g/mol. The summed E-state index contributed by atoms with van der Waals surface area (Å²) in [6, 6.07) is 23.3. The van der Waals surface area contributed by atoms with Crippen LogP contribution in [0.15, 0.2) is 65.1 Å². The SMILES string of the molecule is Cc1ccc(CN([C@H]2CCCc3ccccc32)[C@H]2CCCc3ccccc32)o1. The average molecular weight is 372 g/mol. The topological polar surface area (TPSA) is 16.4 Å². The molecule has 28 heavy (non-hydrogen) atoms. The molecule has 144 valence electrons. The van der Waals surface area contributed by atoms with Crippen LogP contribution in [0.2, 0.25) is 0 Å². The van der Waals surface area contributed by atoms with E-state index >= 15 is 0 Å². The Hall–Kier alpha value is -2.32. The largest absolute Gasteiger partial charge is 0.465 e. The maximum Gasteiger partial charge on any atom is 0.118 e. The van der Waals surface area contributed by atoms with Gasteiger partial charge in [0.2, 0.25) is 0 Å². The molecule has 1 heterocycles. The zero-order valence-corrected chi connectivity index (χ0v) is 16.7. The zero-order valence-electron chi connectivity index (χ0n) is 16.7. The fraction of sp³-hybridized carbons (Fsp3) is 0.385. The quantitative estimate of drug-likeness (QED) is 0.517. The molecule has 0 N–H and O–H groups in total. The lowest BCUT2D eigenvalue weighted by Crippen LogP contribution is -2.36. The summed E-state index contributed by atoms with van der Waals surface area (Å²) in [5, 5.41) is 0. The Balaban J connectivity index is 1.57. The molecule has 5 rings (SSSR count). The Bertz CT molecular complexity index is 899. The van der Waals surface area contributed by atoms with E-state index in [1.165, 1.54) is 60.8 Å². The Labute approximate surface area is 168 Å². The van der Waals surface area contributed by atoms with Gasteiger partial charge in [0.15, 0.2) is 0 Å². The molecule has 0 aliphatic heterocycles. The highest BCUT2D eigenvalue weighted by atomic mass is 16.3. The van der Waals surface area contributed by atoms with Crippen molar-refractivity contribution in [3.63, 3.8) is 0 Å². The van der Waals surface area contributed by atoms with E-state index in [0.29, 0.717) is 12.1 Å². The Kier molecular flexibility index (Phi) is 4.82. The first-order valence-corrected chi connectivity index (χ1v) is 10.8. The van der Waals surface area contributed by atoms with Gasteiger partial charge in [0.25, 0.3) is 0 Å². The van der Waals surface area contributed by atoms with E-state index in [2.05, 4.69) is 65.6 Å². The fourth-order valence-electron chi connectivity index (χ4n) is 5.33. The smallest absolute Gasteiger partial charge is 0.118 e. The van der Waals surface area contributed by atoms with E-state index in [0.717, 1.165) is 18.1 Å². The van der Waals surface area contributed by atoms with Crippen LogP contribution < -0.4 is 0 Å². The number of aryl methyl sites for hydroxylation is 3. The van der Waals surface area contributed by atoms with Crippen molar-refractivity contribution in [3.8, 4) is 0 Å². The van der Waals surface area contributed by atoms with Gasteiger partial charge in [-0.15, -0.1) is 0 Å². The highest BCUT2D eigenvalue weighted by Gasteiger charge is 2.34. The van der Waals surface area contributed by atoms with Crippen molar-refractivity contribution in [3.05, 3.63) is 94.4 Å². The second-order valence-corrected chi connectivity index (χ2v) is 8.40. The van der Waals surface area contributed by atoms with Gasteiger partial charge in [0, 0.05) is 12.1 Å². The molecule has 2 nitrogen and oxygen atoms in total. The van der Waals surface area contributed by atoms with Crippen LogP contribution in [0.5, 0.6) is 0 Å². The third-order valence-electron chi connectivity index (χ3n) is 6.61. The van der Waals surface area contributed by atoms with Crippen LogP contribution in [-0.4, -0.2) is 4.90 Å². The number of fused-ring (bicyclic) bond motifs is 2. The molecule has 0 saturated heterocycles. The monoisotopic (exact) mass is 371 g/mol. The van der Waals surface area contributed by atoms with Gasteiger partial charge in [-0.1, -0.05) is 48.5 Å². The van der Waals surface area contributed by atoms with Crippen LogP contribution in [0.3, 0.4) is 0 Å². The molecule has 2 aliphatic carbocycles. The molecule has 0 spiro atoms. The number of nitrogens with zero attached hydrogens (tertiary/aromatic N) is 1. The van der Waals surface area contributed by atoms with Crippen molar-refractivity contribution in [2.45, 2.75) is 64.1 Å². The highest BCUT2D eigenvalue weighted by molar-refractivity contribution is 5.35. The van der Waals surface area contributed by atoms with Crippen LogP contribution >= 0.6 is 0 Å². The molecule has 2 atom stereocenters. The lowest BCUT2D eigenvalue weighted by molar-refractivity contribution is 0.0887. The van der Waals surface area contributed by atoms with Crippen molar-refractivity contribution >= 4 is 0 Å². The minimum atomic E-state index is 0.464. The molecule has 0 saturated carbocycles. The summed E-state index contributed by atoms with van der Waals surface area (Å²) in [5.74, 6) is 2.09. The highest BCUT2D eigenvalue weighted by Crippen LogP contribution is 2.44. The summed E-state index contributed by atoms with van der Waals surface area (Å²) in [5.41, 5.74) is 6.12. The van der Waals surface area contributed by atoms with Crippen LogP contribution in [0.1, 0.15) is 71.5 Å². The first kappa shape index (κ1) is 17.8. The summed E-state index contributed by atoms with van der Waals surface area (Å²) < 4.78 is 6.03. The molecular formula is C26H29NO. The first-order valence-electron chi connectivity index (χ1n) is 10.8. The molecule has 0 radical (unpaired) electrons. The van der Waals surface area contributed by atoms with Crippen molar-refractivity contribution in [2.24, 2.45) is 0 Å². The van der Waals surface area contributed by atoms with Gasteiger partial charge in [-0.2, -0.15) is 0 Å². The summed E-state index contributed by atoms with van der Waals surface area (Å²) in [7, 11) is 0. The van der Waals surface area contributed by atoms with Gasteiger partial charge >= 0.3 is 0 Å². The van der Waals surface area contributed by atoms with E-state index < -0.39 is 0 Å². The number of benzene rings is 2. The summed E-state index contributed by atoms with van der Waals surface area (Å²) in [4.78, 5) is 2.74. The molecule has 2 aliphatic rings. The predicted molar refractivity (Wildman–Crippen MR) is 113 cm³/mol. The van der Waals surface area contributed by atoms with Crippen molar-refractivity contribution in [1.29, 1.82) is 0 Å². The summed E-state index contributed by atoms with van der Waals surface area (Å²) in [6.45, 7) is 2.92. The number of hydrogen-bond donors (Lipinski definition) is 0. The molecule has 0 bridgehead atoms. The average Bonchev–Trinajstić information content (AvgIpc) is 3.16. The predicted octanol–water partition coefficient (Wildman–Crippen LogP) is 6.55. The molecule has 2 aromatic carbocycles. The minimum absolute atomic E-state index is 0.464. The van der Waals surface area contributed by atoms with Gasteiger partial charge in [-0.3, -0.25) is 4.90 Å². The van der Waals surface area contributed by atoms with Crippen LogP contribution in [0.4, 0.5) is 0 Å². The van der Waals surface area contributed by atoms with E-state index in [1.807, 2.05) is 6.92 Å². The minimum Gasteiger partial charge on any atom is -0.465 e.